The van der Waals surface area contributed by atoms with Crippen molar-refractivity contribution in [2.24, 2.45) is 0 Å². The topological polar surface area (TPSA) is 64.6 Å². The number of nitrogens with one attached hydrogen (secondary N) is 1. The zero-order valence-corrected chi connectivity index (χ0v) is 16.8. The number of hydrogen-bond donors (Lipinski definition) is 1. The Bertz CT molecular complexity index is 938. The number of fused-ring (bicyclic) bond motifs is 1. The first kappa shape index (κ1) is 20.5. The van der Waals surface area contributed by atoms with Crippen molar-refractivity contribution in [2.45, 2.75) is 38.7 Å². The maximum Gasteiger partial charge on any atom is 0.221 e. The number of Topliss-reactive ketones (excluding diaryl/α,β-unsaturated/α-hetero) is 1. The van der Waals surface area contributed by atoms with E-state index in [1.54, 1.807) is 12.1 Å². The highest BCUT2D eigenvalue weighted by molar-refractivity contribution is 5.97. The molecule has 1 amide bonds. The number of ether oxygens (including phenoxy) is 2. The first-order chi connectivity index (χ1) is 13.9. The molecule has 1 N–H and O–H groups in total. The molecule has 0 radical (unpaired) electrons. The zero-order chi connectivity index (χ0) is 20.7. The molecule has 2 aromatic rings. The van der Waals surface area contributed by atoms with Gasteiger partial charge in [0.1, 0.15) is 12.2 Å². The van der Waals surface area contributed by atoms with Crippen LogP contribution in [0.4, 0.5) is 0 Å². The van der Waals surface area contributed by atoms with E-state index in [4.69, 9.17) is 9.47 Å². The highest BCUT2D eigenvalue weighted by Crippen LogP contribution is 2.41. The molecule has 0 spiro atoms. The molecule has 0 aromatic heterocycles. The lowest BCUT2D eigenvalue weighted by atomic mass is 10.0. The Morgan fingerprint density at radius 1 is 1.07 bits per heavy atom. The number of carbonyl (C=O) groups excluding carboxylic acids is 2. The number of ketones is 1. The fraction of sp³-hybridized carbons (Fsp3) is 0.333. The molecule has 0 saturated heterocycles. The van der Waals surface area contributed by atoms with Gasteiger partial charge < -0.3 is 14.8 Å². The predicted molar refractivity (Wildman–Crippen MR) is 111 cm³/mol. The number of amides is 1. The molecule has 0 saturated carbocycles. The third kappa shape index (κ3) is 5.86. The summed E-state index contributed by atoms with van der Waals surface area (Å²) in [7, 11) is 0. The summed E-state index contributed by atoms with van der Waals surface area (Å²) >= 11 is 0. The van der Waals surface area contributed by atoms with Gasteiger partial charge in [0.15, 0.2) is 17.3 Å². The summed E-state index contributed by atoms with van der Waals surface area (Å²) in [6.45, 7) is 4.53. The lowest BCUT2D eigenvalue weighted by molar-refractivity contribution is -0.120. The molecule has 150 valence electrons. The van der Waals surface area contributed by atoms with E-state index < -0.39 is 0 Å². The van der Waals surface area contributed by atoms with Gasteiger partial charge in [0.05, 0.1) is 6.54 Å². The lowest BCUT2D eigenvalue weighted by Crippen LogP contribution is -2.24. The summed E-state index contributed by atoms with van der Waals surface area (Å²) in [4.78, 5) is 23.8. The second-order valence-corrected chi connectivity index (χ2v) is 7.49. The van der Waals surface area contributed by atoms with Crippen molar-refractivity contribution in [2.75, 3.05) is 13.2 Å². The van der Waals surface area contributed by atoms with E-state index in [0.717, 1.165) is 17.7 Å². The van der Waals surface area contributed by atoms with Gasteiger partial charge in [-0.2, -0.15) is 0 Å². The second-order valence-electron chi connectivity index (χ2n) is 7.49. The quantitative estimate of drug-likeness (QED) is 0.579. The standard InChI is InChI=1S/C24H25NO4/c1-24(2)17-19-11-8-12-21(23(19)29-24)28-16-7-6-15-25-22(27)14-13-20(26)18-9-4-3-5-10-18/h3-5,8-12H,13-17H2,1-2H3,(H,25,27). The van der Waals surface area contributed by atoms with Crippen LogP contribution in [0.3, 0.4) is 0 Å². The minimum Gasteiger partial charge on any atom is -0.483 e. The van der Waals surface area contributed by atoms with Crippen molar-refractivity contribution >= 4 is 11.7 Å². The number of hydrogen-bond acceptors (Lipinski definition) is 4. The van der Waals surface area contributed by atoms with Crippen LogP contribution in [0.25, 0.3) is 0 Å². The molecule has 3 rings (SSSR count). The van der Waals surface area contributed by atoms with Crippen molar-refractivity contribution in [1.82, 2.24) is 5.32 Å². The Morgan fingerprint density at radius 3 is 2.66 bits per heavy atom. The SMILES string of the molecule is CC1(C)Cc2cccc(OCC#CCNC(=O)CCC(=O)c3ccccc3)c2O1. The number of carbonyl (C=O) groups is 2. The summed E-state index contributed by atoms with van der Waals surface area (Å²) in [5, 5.41) is 2.70. The summed E-state index contributed by atoms with van der Waals surface area (Å²) in [6, 6.07) is 14.8. The van der Waals surface area contributed by atoms with Gasteiger partial charge in [-0.05, 0) is 19.9 Å². The van der Waals surface area contributed by atoms with Gasteiger partial charge in [0.2, 0.25) is 5.91 Å². The second kappa shape index (κ2) is 9.29. The van der Waals surface area contributed by atoms with Crippen molar-refractivity contribution in [1.29, 1.82) is 0 Å². The largest absolute Gasteiger partial charge is 0.483 e. The molecule has 0 unspecified atom stereocenters. The molecule has 2 aromatic carbocycles. The fourth-order valence-corrected chi connectivity index (χ4v) is 3.15. The van der Waals surface area contributed by atoms with Gasteiger partial charge in [0, 0.05) is 30.4 Å². The summed E-state index contributed by atoms with van der Waals surface area (Å²) < 4.78 is 11.7. The number of para-hydroxylation sites is 1. The van der Waals surface area contributed by atoms with E-state index >= 15 is 0 Å². The van der Waals surface area contributed by atoms with Crippen LogP contribution in [-0.2, 0) is 11.2 Å². The minimum absolute atomic E-state index is 0.0407. The first-order valence-corrected chi connectivity index (χ1v) is 9.69. The average Bonchev–Trinajstić information content (AvgIpc) is 3.04. The van der Waals surface area contributed by atoms with Crippen LogP contribution in [0, 0.1) is 11.8 Å². The molecule has 5 nitrogen and oxygen atoms in total. The van der Waals surface area contributed by atoms with Gasteiger partial charge in [-0.1, -0.05) is 54.3 Å². The van der Waals surface area contributed by atoms with Gasteiger partial charge in [-0.15, -0.1) is 0 Å². The van der Waals surface area contributed by atoms with Gasteiger partial charge in [-0.3, -0.25) is 9.59 Å². The predicted octanol–water partition coefficient (Wildman–Crippen LogP) is 3.56. The Labute approximate surface area is 171 Å². The Kier molecular flexibility index (Phi) is 6.56. The maximum atomic E-state index is 12.0. The van der Waals surface area contributed by atoms with E-state index in [1.807, 2.05) is 50.2 Å². The molecule has 1 aliphatic rings. The van der Waals surface area contributed by atoms with Crippen LogP contribution in [0.1, 0.15) is 42.6 Å². The van der Waals surface area contributed by atoms with Crippen LogP contribution < -0.4 is 14.8 Å². The molecular weight excluding hydrogens is 366 g/mol. The van der Waals surface area contributed by atoms with Crippen molar-refractivity contribution in [3.05, 3.63) is 59.7 Å². The molecule has 1 heterocycles. The molecule has 5 heteroatoms. The van der Waals surface area contributed by atoms with Crippen LogP contribution >= 0.6 is 0 Å². The highest BCUT2D eigenvalue weighted by atomic mass is 16.5. The van der Waals surface area contributed by atoms with Gasteiger partial charge >= 0.3 is 0 Å². The van der Waals surface area contributed by atoms with Crippen molar-refractivity contribution in [3.8, 4) is 23.3 Å². The third-order valence-electron chi connectivity index (χ3n) is 4.53. The average molecular weight is 391 g/mol. The Hall–Kier alpha value is -3.26. The highest BCUT2D eigenvalue weighted by Gasteiger charge is 2.32. The third-order valence-corrected chi connectivity index (χ3v) is 4.53. The van der Waals surface area contributed by atoms with Crippen LogP contribution in [0.5, 0.6) is 11.5 Å². The molecule has 29 heavy (non-hydrogen) atoms. The Balaban J connectivity index is 1.37. The summed E-state index contributed by atoms with van der Waals surface area (Å²) in [5.41, 5.74) is 1.54. The van der Waals surface area contributed by atoms with E-state index in [2.05, 4.69) is 17.2 Å². The van der Waals surface area contributed by atoms with E-state index in [-0.39, 0.29) is 43.3 Å². The molecule has 1 aliphatic heterocycles. The van der Waals surface area contributed by atoms with Gasteiger partial charge in [-0.25, -0.2) is 0 Å². The molecule has 0 aliphatic carbocycles. The normalized spacial score (nSPS) is 13.4. The molecule has 0 fully saturated rings. The Morgan fingerprint density at radius 2 is 1.86 bits per heavy atom. The van der Waals surface area contributed by atoms with Crippen molar-refractivity contribution < 1.29 is 19.1 Å². The van der Waals surface area contributed by atoms with Crippen LogP contribution in [0.2, 0.25) is 0 Å². The fourth-order valence-electron chi connectivity index (χ4n) is 3.15. The number of rotatable bonds is 7. The molecule has 0 bridgehead atoms. The first-order valence-electron chi connectivity index (χ1n) is 9.69. The zero-order valence-electron chi connectivity index (χ0n) is 16.8. The van der Waals surface area contributed by atoms with E-state index in [1.165, 1.54) is 0 Å². The summed E-state index contributed by atoms with van der Waals surface area (Å²) in [6.07, 6.45) is 1.18. The van der Waals surface area contributed by atoms with E-state index in [9.17, 15) is 9.59 Å². The maximum absolute atomic E-state index is 12.0. The monoisotopic (exact) mass is 391 g/mol. The molecular formula is C24H25NO4. The van der Waals surface area contributed by atoms with Gasteiger partial charge in [0.25, 0.3) is 0 Å². The summed E-state index contributed by atoms with van der Waals surface area (Å²) in [5.74, 6) is 6.98. The van der Waals surface area contributed by atoms with E-state index in [0.29, 0.717) is 11.3 Å². The smallest absolute Gasteiger partial charge is 0.221 e. The van der Waals surface area contributed by atoms with Crippen LogP contribution in [-0.4, -0.2) is 30.4 Å². The molecule has 0 atom stereocenters. The van der Waals surface area contributed by atoms with Crippen molar-refractivity contribution in [3.63, 3.8) is 0 Å². The number of benzene rings is 2. The lowest BCUT2D eigenvalue weighted by Gasteiger charge is -2.17. The minimum atomic E-state index is -0.223. The van der Waals surface area contributed by atoms with Crippen LogP contribution in [0.15, 0.2) is 48.5 Å².